The fourth-order valence-electron chi connectivity index (χ4n) is 0.613. The maximum absolute atomic E-state index is 11.0. The Balaban J connectivity index is 2.68. The maximum Gasteiger partial charge on any atom is 0.369 e. The first kappa shape index (κ1) is 9.08. The summed E-state index contributed by atoms with van der Waals surface area (Å²) >= 11 is 1.01. The molecule has 5 nitrogen and oxygen atoms in total. The molecule has 0 aliphatic carbocycles. The number of carbonyl (C=O) groups is 1. The summed E-state index contributed by atoms with van der Waals surface area (Å²) in [5, 5.41) is 0.261. The SMILES string of the molecule is CCOC(=O)c1nc(CN)ns1. The van der Waals surface area contributed by atoms with Gasteiger partial charge in [-0.1, -0.05) is 0 Å². The van der Waals surface area contributed by atoms with E-state index >= 15 is 0 Å². The molecule has 0 atom stereocenters. The number of hydrogen-bond donors (Lipinski definition) is 1. The summed E-state index contributed by atoms with van der Waals surface area (Å²) in [7, 11) is 0. The Labute approximate surface area is 73.7 Å². The molecule has 0 aromatic carbocycles. The van der Waals surface area contributed by atoms with Crippen molar-refractivity contribution in [1.82, 2.24) is 9.36 Å². The molecule has 0 aliphatic heterocycles. The van der Waals surface area contributed by atoms with Gasteiger partial charge in [-0.25, -0.2) is 9.78 Å². The standard InChI is InChI=1S/C6H9N3O2S/c1-2-11-6(10)5-8-4(3-7)9-12-5/h2-3,7H2,1H3. The lowest BCUT2D eigenvalue weighted by molar-refractivity contribution is 0.0525. The number of nitrogens with two attached hydrogens (primary N) is 1. The predicted octanol–water partition coefficient (Wildman–Crippen LogP) is 0.174. The molecule has 1 aromatic rings. The summed E-state index contributed by atoms with van der Waals surface area (Å²) < 4.78 is 8.56. The smallest absolute Gasteiger partial charge is 0.369 e. The molecule has 0 fully saturated rings. The Morgan fingerprint density at radius 3 is 3.00 bits per heavy atom. The molecule has 1 rings (SSSR count). The first-order valence-corrected chi connectivity index (χ1v) is 4.25. The third kappa shape index (κ3) is 1.99. The van der Waals surface area contributed by atoms with Crippen LogP contribution in [0.3, 0.4) is 0 Å². The summed E-state index contributed by atoms with van der Waals surface area (Å²) in [6, 6.07) is 0. The molecule has 1 aromatic heterocycles. The van der Waals surface area contributed by atoms with Crippen LogP contribution in [0.2, 0.25) is 0 Å². The van der Waals surface area contributed by atoms with Gasteiger partial charge in [0.15, 0.2) is 5.82 Å². The number of ether oxygens (including phenoxy) is 1. The van der Waals surface area contributed by atoms with Crippen LogP contribution in [0.5, 0.6) is 0 Å². The molecular weight excluding hydrogens is 178 g/mol. The Hall–Kier alpha value is -1.01. The largest absolute Gasteiger partial charge is 0.461 e. The van der Waals surface area contributed by atoms with Gasteiger partial charge in [-0.15, -0.1) is 0 Å². The third-order valence-corrected chi connectivity index (χ3v) is 1.83. The molecular formula is C6H9N3O2S. The minimum atomic E-state index is -0.435. The number of carbonyl (C=O) groups excluding carboxylic acids is 1. The molecule has 0 spiro atoms. The first-order chi connectivity index (χ1) is 5.77. The van der Waals surface area contributed by atoms with Gasteiger partial charge >= 0.3 is 5.97 Å². The molecule has 0 bridgehead atoms. The normalized spacial score (nSPS) is 9.83. The molecule has 66 valence electrons. The van der Waals surface area contributed by atoms with Crippen molar-refractivity contribution in [2.45, 2.75) is 13.5 Å². The van der Waals surface area contributed by atoms with Gasteiger partial charge in [-0.3, -0.25) is 0 Å². The van der Waals surface area contributed by atoms with Gasteiger partial charge < -0.3 is 10.5 Å². The van der Waals surface area contributed by atoms with Crippen LogP contribution < -0.4 is 5.73 Å². The van der Waals surface area contributed by atoms with Crippen LogP contribution in [0.1, 0.15) is 22.6 Å². The van der Waals surface area contributed by atoms with E-state index in [9.17, 15) is 4.79 Å². The zero-order valence-electron chi connectivity index (χ0n) is 6.61. The van der Waals surface area contributed by atoms with E-state index < -0.39 is 5.97 Å². The monoisotopic (exact) mass is 187 g/mol. The highest BCUT2D eigenvalue weighted by Gasteiger charge is 2.12. The molecule has 1 heterocycles. The van der Waals surface area contributed by atoms with Crippen molar-refractivity contribution < 1.29 is 9.53 Å². The minimum absolute atomic E-state index is 0.246. The molecule has 0 radical (unpaired) electrons. The van der Waals surface area contributed by atoms with Crippen molar-refractivity contribution >= 4 is 17.5 Å². The summed E-state index contributed by atoms with van der Waals surface area (Å²) in [6.45, 7) is 2.33. The van der Waals surface area contributed by atoms with Crippen molar-refractivity contribution in [2.24, 2.45) is 5.73 Å². The Morgan fingerprint density at radius 2 is 2.50 bits per heavy atom. The summed E-state index contributed by atoms with van der Waals surface area (Å²) in [4.78, 5) is 14.9. The van der Waals surface area contributed by atoms with Gasteiger partial charge in [0.1, 0.15) is 0 Å². The van der Waals surface area contributed by atoms with Crippen molar-refractivity contribution in [2.75, 3.05) is 6.61 Å². The second-order valence-electron chi connectivity index (χ2n) is 1.94. The Kier molecular flexibility index (Phi) is 3.12. The van der Waals surface area contributed by atoms with Gasteiger partial charge in [0.2, 0.25) is 5.01 Å². The van der Waals surface area contributed by atoms with E-state index in [1.165, 1.54) is 0 Å². The van der Waals surface area contributed by atoms with E-state index in [1.54, 1.807) is 6.92 Å². The molecule has 6 heteroatoms. The second kappa shape index (κ2) is 4.13. The first-order valence-electron chi connectivity index (χ1n) is 3.47. The summed E-state index contributed by atoms with van der Waals surface area (Å²) in [5.41, 5.74) is 5.27. The van der Waals surface area contributed by atoms with Gasteiger partial charge in [-0.2, -0.15) is 4.37 Å². The van der Waals surface area contributed by atoms with Gasteiger partial charge in [-0.05, 0) is 18.5 Å². The third-order valence-electron chi connectivity index (χ3n) is 1.10. The van der Waals surface area contributed by atoms with Crippen LogP contribution in [0.25, 0.3) is 0 Å². The molecule has 12 heavy (non-hydrogen) atoms. The molecule has 0 amide bonds. The highest BCUT2D eigenvalue weighted by molar-refractivity contribution is 7.07. The lowest BCUT2D eigenvalue weighted by Crippen LogP contribution is -2.05. The van der Waals surface area contributed by atoms with E-state index in [1.807, 2.05) is 0 Å². The molecule has 0 saturated carbocycles. The minimum Gasteiger partial charge on any atom is -0.461 e. The van der Waals surface area contributed by atoms with Crippen LogP contribution in [0.15, 0.2) is 0 Å². The lowest BCUT2D eigenvalue weighted by Gasteiger charge is -1.94. The highest BCUT2D eigenvalue weighted by Crippen LogP contribution is 2.05. The molecule has 0 unspecified atom stereocenters. The number of rotatable bonds is 3. The van der Waals surface area contributed by atoms with Gasteiger partial charge in [0.25, 0.3) is 0 Å². The number of nitrogens with zero attached hydrogens (tertiary/aromatic N) is 2. The maximum atomic E-state index is 11.0. The van der Waals surface area contributed by atoms with E-state index in [2.05, 4.69) is 9.36 Å². The number of aromatic nitrogens is 2. The quantitative estimate of drug-likeness (QED) is 0.682. The van der Waals surface area contributed by atoms with Crippen molar-refractivity contribution in [1.29, 1.82) is 0 Å². The molecule has 0 saturated heterocycles. The average molecular weight is 187 g/mol. The fourth-order valence-corrected chi connectivity index (χ4v) is 1.20. The molecule has 0 aliphatic rings. The topological polar surface area (TPSA) is 78.1 Å². The van der Waals surface area contributed by atoms with Crippen molar-refractivity contribution in [3.8, 4) is 0 Å². The summed E-state index contributed by atoms with van der Waals surface area (Å²) in [5.74, 6) is 0.0396. The average Bonchev–Trinajstić information content (AvgIpc) is 2.52. The van der Waals surface area contributed by atoms with Crippen LogP contribution >= 0.6 is 11.5 Å². The van der Waals surface area contributed by atoms with Crippen molar-refractivity contribution in [3.05, 3.63) is 10.8 Å². The fraction of sp³-hybridized carbons (Fsp3) is 0.500. The van der Waals surface area contributed by atoms with Crippen LogP contribution in [-0.4, -0.2) is 21.9 Å². The van der Waals surface area contributed by atoms with E-state index in [0.717, 1.165) is 11.5 Å². The van der Waals surface area contributed by atoms with Crippen LogP contribution in [0, 0.1) is 0 Å². The van der Waals surface area contributed by atoms with Gasteiger partial charge in [0, 0.05) is 0 Å². The predicted molar refractivity (Wildman–Crippen MR) is 43.8 cm³/mol. The van der Waals surface area contributed by atoms with Crippen LogP contribution in [-0.2, 0) is 11.3 Å². The zero-order valence-corrected chi connectivity index (χ0v) is 7.43. The Bertz CT molecular complexity index is 274. The van der Waals surface area contributed by atoms with Gasteiger partial charge in [0.05, 0.1) is 13.2 Å². The lowest BCUT2D eigenvalue weighted by atomic mass is 10.6. The van der Waals surface area contributed by atoms with E-state index in [4.69, 9.17) is 10.5 Å². The van der Waals surface area contributed by atoms with E-state index in [-0.39, 0.29) is 11.6 Å². The number of esters is 1. The number of hydrogen-bond acceptors (Lipinski definition) is 6. The van der Waals surface area contributed by atoms with E-state index in [0.29, 0.717) is 12.4 Å². The second-order valence-corrected chi connectivity index (χ2v) is 2.69. The summed E-state index contributed by atoms with van der Waals surface area (Å²) in [6.07, 6.45) is 0. The zero-order chi connectivity index (χ0) is 8.97. The molecule has 2 N–H and O–H groups in total. The van der Waals surface area contributed by atoms with Crippen molar-refractivity contribution in [3.63, 3.8) is 0 Å². The Morgan fingerprint density at radius 1 is 1.75 bits per heavy atom. The highest BCUT2D eigenvalue weighted by atomic mass is 32.1. The van der Waals surface area contributed by atoms with Crippen LogP contribution in [0.4, 0.5) is 0 Å².